The van der Waals surface area contributed by atoms with Gasteiger partial charge in [-0.1, -0.05) is 6.07 Å². The lowest BCUT2D eigenvalue weighted by Crippen LogP contribution is -2.15. The summed E-state index contributed by atoms with van der Waals surface area (Å²) in [5.74, 6) is 0.592. The first kappa shape index (κ1) is 17.2. The van der Waals surface area contributed by atoms with Crippen molar-refractivity contribution >= 4 is 29.2 Å². The van der Waals surface area contributed by atoms with E-state index in [2.05, 4.69) is 0 Å². The van der Waals surface area contributed by atoms with Gasteiger partial charge in [0, 0.05) is 21.4 Å². The van der Waals surface area contributed by atoms with E-state index in [1.807, 2.05) is 26.0 Å². The smallest absolute Gasteiger partial charge is 0.331 e. The summed E-state index contributed by atoms with van der Waals surface area (Å²) in [7, 11) is 0. The molecular weight excluding hydrogens is 340 g/mol. The van der Waals surface area contributed by atoms with E-state index in [9.17, 15) is 9.59 Å². The van der Waals surface area contributed by atoms with Gasteiger partial charge in [0.05, 0.1) is 0 Å². The van der Waals surface area contributed by atoms with Crippen LogP contribution in [0.2, 0.25) is 0 Å². The average Bonchev–Trinajstić information content (AvgIpc) is 2.96. The maximum Gasteiger partial charge on any atom is 0.331 e. The average molecular weight is 358 g/mol. The molecule has 0 saturated carbocycles. The van der Waals surface area contributed by atoms with E-state index in [-0.39, 0.29) is 12.4 Å². The number of Topliss-reactive ketones (excluding diaryl/α,β-unsaturated/α-hetero) is 1. The first-order chi connectivity index (χ1) is 12.0. The molecule has 3 rings (SSSR count). The molecule has 2 heterocycles. The quantitative estimate of drug-likeness (QED) is 0.464. The number of aryl methyl sites for hydroxylation is 2. The van der Waals surface area contributed by atoms with Crippen LogP contribution in [-0.2, 0) is 9.53 Å². The molecule has 2 aromatic rings. The van der Waals surface area contributed by atoms with Crippen LogP contribution < -0.4 is 9.47 Å². The Morgan fingerprint density at radius 1 is 1.16 bits per heavy atom. The standard InChI is InChI=1S/C19H18O5S/c1-12-9-15(13(2)25-12)16(20)11-24-19(21)6-4-14-3-5-17-18(10-14)23-8-7-22-17/h3-6,9-10H,7-8,11H2,1-2H3/b6-4+. The topological polar surface area (TPSA) is 61.8 Å². The number of rotatable bonds is 5. The number of ketones is 1. The van der Waals surface area contributed by atoms with Crippen molar-refractivity contribution in [1.29, 1.82) is 0 Å². The second-order valence-electron chi connectivity index (χ2n) is 5.59. The number of fused-ring (bicyclic) bond motifs is 1. The number of carbonyl (C=O) groups excluding carboxylic acids is 2. The minimum Gasteiger partial charge on any atom is -0.486 e. The first-order valence-electron chi connectivity index (χ1n) is 7.87. The van der Waals surface area contributed by atoms with E-state index < -0.39 is 5.97 Å². The highest BCUT2D eigenvalue weighted by Crippen LogP contribution is 2.31. The fourth-order valence-corrected chi connectivity index (χ4v) is 3.44. The van der Waals surface area contributed by atoms with Crippen molar-refractivity contribution in [3.05, 3.63) is 51.2 Å². The van der Waals surface area contributed by atoms with Crippen molar-refractivity contribution < 1.29 is 23.8 Å². The van der Waals surface area contributed by atoms with Crippen molar-refractivity contribution in [2.45, 2.75) is 13.8 Å². The molecular formula is C19H18O5S. The van der Waals surface area contributed by atoms with Gasteiger partial charge in [0.1, 0.15) is 13.2 Å². The molecule has 1 aromatic carbocycles. The lowest BCUT2D eigenvalue weighted by atomic mass is 10.1. The van der Waals surface area contributed by atoms with Gasteiger partial charge in [-0.2, -0.15) is 0 Å². The van der Waals surface area contributed by atoms with Gasteiger partial charge < -0.3 is 14.2 Å². The Hall–Kier alpha value is -2.60. The minimum atomic E-state index is -0.562. The van der Waals surface area contributed by atoms with Crippen LogP contribution in [0.3, 0.4) is 0 Å². The second-order valence-corrected chi connectivity index (χ2v) is 7.05. The second kappa shape index (κ2) is 7.53. The summed E-state index contributed by atoms with van der Waals surface area (Å²) in [6.07, 6.45) is 2.91. The molecule has 0 spiro atoms. The highest BCUT2D eigenvalue weighted by atomic mass is 32.1. The normalized spacial score (nSPS) is 13.0. The van der Waals surface area contributed by atoms with Crippen molar-refractivity contribution in [2.24, 2.45) is 0 Å². The summed E-state index contributed by atoms with van der Waals surface area (Å²) in [5.41, 5.74) is 1.41. The lowest BCUT2D eigenvalue weighted by Gasteiger charge is -2.18. The zero-order valence-corrected chi connectivity index (χ0v) is 14.9. The molecule has 0 N–H and O–H groups in total. The minimum absolute atomic E-state index is 0.192. The van der Waals surface area contributed by atoms with Gasteiger partial charge in [-0.3, -0.25) is 4.79 Å². The molecule has 1 aliphatic rings. The third-order valence-corrected chi connectivity index (χ3v) is 4.63. The van der Waals surface area contributed by atoms with Gasteiger partial charge in [0.15, 0.2) is 18.1 Å². The molecule has 130 valence electrons. The van der Waals surface area contributed by atoms with Gasteiger partial charge >= 0.3 is 5.97 Å². The molecule has 0 bridgehead atoms. The van der Waals surface area contributed by atoms with Gasteiger partial charge in [0.2, 0.25) is 5.78 Å². The predicted octanol–water partition coefficient (Wildman–Crippen LogP) is 3.58. The fourth-order valence-electron chi connectivity index (χ4n) is 2.50. The van der Waals surface area contributed by atoms with Crippen LogP contribution in [0.15, 0.2) is 30.3 Å². The Kier molecular flexibility index (Phi) is 5.19. The molecule has 0 saturated heterocycles. The summed E-state index contributed by atoms with van der Waals surface area (Å²) in [6, 6.07) is 7.23. The van der Waals surface area contributed by atoms with E-state index in [1.54, 1.807) is 29.5 Å². The Balaban J connectivity index is 1.56. The zero-order valence-electron chi connectivity index (χ0n) is 14.0. The van der Waals surface area contributed by atoms with Crippen LogP contribution >= 0.6 is 11.3 Å². The molecule has 25 heavy (non-hydrogen) atoms. The summed E-state index contributed by atoms with van der Waals surface area (Å²) < 4.78 is 16.0. The SMILES string of the molecule is Cc1cc(C(=O)COC(=O)/C=C/c2ccc3c(c2)OCCO3)c(C)s1. The molecule has 0 radical (unpaired) electrons. The Morgan fingerprint density at radius 3 is 2.64 bits per heavy atom. The Labute approximate surface area is 149 Å². The molecule has 0 fully saturated rings. The molecule has 1 aliphatic heterocycles. The van der Waals surface area contributed by atoms with Crippen LogP contribution in [-0.4, -0.2) is 31.6 Å². The third-order valence-electron chi connectivity index (χ3n) is 3.67. The highest BCUT2D eigenvalue weighted by Gasteiger charge is 2.14. The van der Waals surface area contributed by atoms with Gasteiger partial charge in [-0.15, -0.1) is 11.3 Å². The molecule has 1 aromatic heterocycles. The number of esters is 1. The summed E-state index contributed by atoms with van der Waals surface area (Å²) in [6.45, 7) is 4.60. The summed E-state index contributed by atoms with van der Waals surface area (Å²) in [4.78, 5) is 25.9. The van der Waals surface area contributed by atoms with Crippen LogP contribution in [0.5, 0.6) is 11.5 Å². The number of hydrogen-bond donors (Lipinski definition) is 0. The van der Waals surface area contributed by atoms with E-state index >= 15 is 0 Å². The van der Waals surface area contributed by atoms with E-state index in [1.165, 1.54) is 6.08 Å². The number of carbonyl (C=O) groups is 2. The predicted molar refractivity (Wildman–Crippen MR) is 95.5 cm³/mol. The van der Waals surface area contributed by atoms with Crippen molar-refractivity contribution in [1.82, 2.24) is 0 Å². The van der Waals surface area contributed by atoms with Crippen LogP contribution in [0.1, 0.15) is 25.7 Å². The van der Waals surface area contributed by atoms with Crippen molar-refractivity contribution in [3.8, 4) is 11.5 Å². The van der Waals surface area contributed by atoms with Crippen LogP contribution in [0.25, 0.3) is 6.08 Å². The van der Waals surface area contributed by atoms with Crippen molar-refractivity contribution in [3.63, 3.8) is 0 Å². The molecule has 5 nitrogen and oxygen atoms in total. The number of ether oxygens (including phenoxy) is 3. The maximum absolute atomic E-state index is 12.1. The number of thiophene rings is 1. The van der Waals surface area contributed by atoms with Crippen LogP contribution in [0.4, 0.5) is 0 Å². The third kappa shape index (κ3) is 4.28. The maximum atomic E-state index is 12.1. The van der Waals surface area contributed by atoms with E-state index in [0.717, 1.165) is 15.3 Å². The van der Waals surface area contributed by atoms with Gasteiger partial charge in [-0.05, 0) is 43.7 Å². The molecule has 0 unspecified atom stereocenters. The largest absolute Gasteiger partial charge is 0.486 e. The molecule has 0 amide bonds. The fraction of sp³-hybridized carbons (Fsp3) is 0.263. The van der Waals surface area contributed by atoms with Gasteiger partial charge in [0.25, 0.3) is 0 Å². The molecule has 0 atom stereocenters. The highest BCUT2D eigenvalue weighted by molar-refractivity contribution is 7.12. The van der Waals surface area contributed by atoms with Gasteiger partial charge in [-0.25, -0.2) is 4.79 Å². The molecule has 0 aliphatic carbocycles. The van der Waals surface area contributed by atoms with E-state index in [0.29, 0.717) is 30.3 Å². The summed E-state index contributed by atoms with van der Waals surface area (Å²) >= 11 is 1.55. The molecule has 6 heteroatoms. The summed E-state index contributed by atoms with van der Waals surface area (Å²) in [5, 5.41) is 0. The van der Waals surface area contributed by atoms with Crippen molar-refractivity contribution in [2.75, 3.05) is 19.8 Å². The Bertz CT molecular complexity index is 834. The number of benzene rings is 1. The van der Waals surface area contributed by atoms with E-state index in [4.69, 9.17) is 14.2 Å². The monoisotopic (exact) mass is 358 g/mol. The Morgan fingerprint density at radius 2 is 1.92 bits per heavy atom. The first-order valence-corrected chi connectivity index (χ1v) is 8.69. The number of hydrogen-bond acceptors (Lipinski definition) is 6. The van der Waals surface area contributed by atoms with Crippen LogP contribution in [0, 0.1) is 13.8 Å². The lowest BCUT2D eigenvalue weighted by molar-refractivity contribution is -0.136. The zero-order chi connectivity index (χ0) is 17.8.